The Kier molecular flexibility index (Phi) is 3.12. The van der Waals surface area contributed by atoms with E-state index in [0.717, 1.165) is 0 Å². The van der Waals surface area contributed by atoms with E-state index in [1.165, 1.54) is 18.3 Å². The Balaban J connectivity index is 2.83. The molecule has 1 aromatic heterocycles. The summed E-state index contributed by atoms with van der Waals surface area (Å²) in [7, 11) is 0. The largest absolute Gasteiger partial charge is 0.292 e. The molecule has 2 nitrogen and oxygen atoms in total. The summed E-state index contributed by atoms with van der Waals surface area (Å²) in [4.78, 5) is 15.1. The molecule has 0 atom stereocenters. The summed E-state index contributed by atoms with van der Waals surface area (Å²) in [6, 6.07) is 2.72. The second-order valence-corrected chi connectivity index (χ2v) is 3.35. The smallest absolute Gasteiger partial charge is 0.184 e. The Labute approximate surface area is 76.8 Å². The monoisotopic (exact) mass is 181 g/mol. The lowest BCUT2D eigenvalue weighted by Crippen LogP contribution is -2.08. The number of ketones is 1. The number of hydrogen-bond acceptors (Lipinski definition) is 2. The van der Waals surface area contributed by atoms with Gasteiger partial charge in [-0.2, -0.15) is 0 Å². The molecule has 1 rings (SSSR count). The van der Waals surface area contributed by atoms with Gasteiger partial charge in [0, 0.05) is 12.6 Å². The highest BCUT2D eigenvalue weighted by Crippen LogP contribution is 2.09. The average molecular weight is 181 g/mol. The lowest BCUT2D eigenvalue weighted by Gasteiger charge is -2.03. The Morgan fingerprint density at radius 3 is 2.85 bits per heavy atom. The van der Waals surface area contributed by atoms with Crippen molar-refractivity contribution in [3.8, 4) is 0 Å². The van der Waals surface area contributed by atoms with Crippen LogP contribution < -0.4 is 0 Å². The SMILES string of the molecule is CC(C)CC(=O)c1ncccc1F. The number of carbonyl (C=O) groups is 1. The molecule has 0 fully saturated rings. The van der Waals surface area contributed by atoms with Gasteiger partial charge in [0.05, 0.1) is 0 Å². The minimum absolute atomic E-state index is 0.0452. The van der Waals surface area contributed by atoms with Crippen molar-refractivity contribution in [2.24, 2.45) is 5.92 Å². The quantitative estimate of drug-likeness (QED) is 0.670. The average Bonchev–Trinajstić information content (AvgIpc) is 2.03. The van der Waals surface area contributed by atoms with Crippen molar-refractivity contribution in [1.29, 1.82) is 0 Å². The van der Waals surface area contributed by atoms with E-state index in [4.69, 9.17) is 0 Å². The number of aromatic nitrogens is 1. The molecule has 0 aromatic carbocycles. The number of carbonyl (C=O) groups excluding carboxylic acids is 1. The predicted octanol–water partition coefficient (Wildman–Crippen LogP) is 2.45. The fourth-order valence-electron chi connectivity index (χ4n) is 1.06. The van der Waals surface area contributed by atoms with Gasteiger partial charge < -0.3 is 0 Å². The standard InChI is InChI=1S/C10H12FNO/c1-7(2)6-9(13)10-8(11)4-3-5-12-10/h3-5,7H,6H2,1-2H3. The van der Waals surface area contributed by atoms with Crippen LogP contribution in [0.15, 0.2) is 18.3 Å². The van der Waals surface area contributed by atoms with Crippen LogP contribution in [0, 0.1) is 11.7 Å². The van der Waals surface area contributed by atoms with Gasteiger partial charge in [0.25, 0.3) is 0 Å². The van der Waals surface area contributed by atoms with Crippen LogP contribution in [0.2, 0.25) is 0 Å². The Hall–Kier alpha value is -1.25. The molecule has 13 heavy (non-hydrogen) atoms. The summed E-state index contributed by atoms with van der Waals surface area (Å²) in [6.07, 6.45) is 1.77. The molecule has 0 saturated carbocycles. The molecular formula is C10H12FNO. The van der Waals surface area contributed by atoms with Gasteiger partial charge in [0.1, 0.15) is 5.69 Å². The molecule has 0 spiro atoms. The summed E-state index contributed by atoms with van der Waals surface area (Å²) < 4.78 is 13.0. The van der Waals surface area contributed by atoms with E-state index < -0.39 is 5.82 Å². The van der Waals surface area contributed by atoms with Crippen LogP contribution in [-0.4, -0.2) is 10.8 Å². The first-order valence-corrected chi connectivity index (χ1v) is 4.25. The molecule has 0 N–H and O–H groups in total. The van der Waals surface area contributed by atoms with Crippen molar-refractivity contribution < 1.29 is 9.18 Å². The Morgan fingerprint density at radius 1 is 1.62 bits per heavy atom. The van der Waals surface area contributed by atoms with Crippen molar-refractivity contribution in [3.05, 3.63) is 29.8 Å². The zero-order valence-corrected chi connectivity index (χ0v) is 7.75. The molecule has 0 aliphatic rings. The maximum atomic E-state index is 13.0. The van der Waals surface area contributed by atoms with Crippen LogP contribution in [0.4, 0.5) is 4.39 Å². The molecule has 1 aromatic rings. The topological polar surface area (TPSA) is 30.0 Å². The molecule has 0 bridgehead atoms. The zero-order chi connectivity index (χ0) is 9.84. The number of hydrogen-bond donors (Lipinski definition) is 0. The number of Topliss-reactive ketones (excluding diaryl/α,β-unsaturated/α-hetero) is 1. The maximum absolute atomic E-state index is 13.0. The van der Waals surface area contributed by atoms with E-state index >= 15 is 0 Å². The van der Waals surface area contributed by atoms with Gasteiger partial charge >= 0.3 is 0 Å². The first kappa shape index (κ1) is 9.84. The van der Waals surface area contributed by atoms with Crippen LogP contribution in [0.1, 0.15) is 30.8 Å². The van der Waals surface area contributed by atoms with Crippen LogP contribution in [0.25, 0.3) is 0 Å². The van der Waals surface area contributed by atoms with Crippen molar-refractivity contribution in [2.45, 2.75) is 20.3 Å². The molecule has 0 saturated heterocycles. The van der Waals surface area contributed by atoms with E-state index in [0.29, 0.717) is 6.42 Å². The van der Waals surface area contributed by atoms with Gasteiger partial charge in [0.2, 0.25) is 0 Å². The van der Waals surface area contributed by atoms with Crippen LogP contribution in [0.5, 0.6) is 0 Å². The fourth-order valence-corrected chi connectivity index (χ4v) is 1.06. The lowest BCUT2D eigenvalue weighted by molar-refractivity contribution is 0.0958. The zero-order valence-electron chi connectivity index (χ0n) is 7.75. The molecule has 0 amide bonds. The van der Waals surface area contributed by atoms with E-state index in [-0.39, 0.29) is 17.4 Å². The third-order valence-electron chi connectivity index (χ3n) is 1.62. The van der Waals surface area contributed by atoms with Crippen LogP contribution in [-0.2, 0) is 0 Å². The second kappa shape index (κ2) is 4.12. The third kappa shape index (κ3) is 2.61. The normalized spacial score (nSPS) is 10.5. The minimum Gasteiger partial charge on any atom is -0.292 e. The number of rotatable bonds is 3. The maximum Gasteiger partial charge on any atom is 0.184 e. The molecule has 70 valence electrons. The summed E-state index contributed by atoms with van der Waals surface area (Å²) in [5.74, 6) is -0.532. The number of pyridine rings is 1. The second-order valence-electron chi connectivity index (χ2n) is 3.35. The van der Waals surface area contributed by atoms with Crippen molar-refractivity contribution in [1.82, 2.24) is 4.98 Å². The van der Waals surface area contributed by atoms with Gasteiger partial charge in [-0.25, -0.2) is 4.39 Å². The number of halogens is 1. The summed E-state index contributed by atoms with van der Waals surface area (Å²) >= 11 is 0. The molecule has 0 radical (unpaired) electrons. The highest BCUT2D eigenvalue weighted by atomic mass is 19.1. The molecule has 1 heterocycles. The Bertz CT molecular complexity index is 310. The van der Waals surface area contributed by atoms with Crippen LogP contribution >= 0.6 is 0 Å². The summed E-state index contributed by atoms with van der Waals surface area (Å²) in [5.41, 5.74) is -0.0452. The predicted molar refractivity (Wildman–Crippen MR) is 48.0 cm³/mol. The van der Waals surface area contributed by atoms with E-state index in [9.17, 15) is 9.18 Å². The molecule has 3 heteroatoms. The van der Waals surface area contributed by atoms with E-state index in [2.05, 4.69) is 4.98 Å². The van der Waals surface area contributed by atoms with Crippen molar-refractivity contribution in [3.63, 3.8) is 0 Å². The molecular weight excluding hydrogens is 169 g/mol. The molecule has 0 aliphatic heterocycles. The minimum atomic E-state index is -0.534. The highest BCUT2D eigenvalue weighted by Gasteiger charge is 2.13. The Morgan fingerprint density at radius 2 is 2.31 bits per heavy atom. The summed E-state index contributed by atoms with van der Waals surface area (Å²) in [6.45, 7) is 3.83. The van der Waals surface area contributed by atoms with Gasteiger partial charge in [-0.1, -0.05) is 13.8 Å². The van der Waals surface area contributed by atoms with Crippen molar-refractivity contribution in [2.75, 3.05) is 0 Å². The van der Waals surface area contributed by atoms with Gasteiger partial charge in [0.15, 0.2) is 11.6 Å². The first-order chi connectivity index (χ1) is 6.11. The first-order valence-electron chi connectivity index (χ1n) is 4.25. The highest BCUT2D eigenvalue weighted by molar-refractivity contribution is 5.94. The third-order valence-corrected chi connectivity index (χ3v) is 1.62. The van der Waals surface area contributed by atoms with Gasteiger partial charge in [-0.15, -0.1) is 0 Å². The number of nitrogens with zero attached hydrogens (tertiary/aromatic N) is 1. The van der Waals surface area contributed by atoms with Gasteiger partial charge in [-0.3, -0.25) is 9.78 Å². The van der Waals surface area contributed by atoms with E-state index in [1.807, 2.05) is 13.8 Å². The van der Waals surface area contributed by atoms with Gasteiger partial charge in [-0.05, 0) is 18.1 Å². The lowest BCUT2D eigenvalue weighted by atomic mass is 10.0. The van der Waals surface area contributed by atoms with Crippen LogP contribution in [0.3, 0.4) is 0 Å². The van der Waals surface area contributed by atoms with Crippen molar-refractivity contribution >= 4 is 5.78 Å². The molecule has 0 aliphatic carbocycles. The molecule has 0 unspecified atom stereocenters. The van der Waals surface area contributed by atoms with E-state index in [1.54, 1.807) is 0 Å². The summed E-state index contributed by atoms with van der Waals surface area (Å²) in [5, 5.41) is 0. The fraction of sp³-hybridized carbons (Fsp3) is 0.400.